The number of hydrogen-bond acceptors (Lipinski definition) is 4. The van der Waals surface area contributed by atoms with Gasteiger partial charge in [0.15, 0.2) is 0 Å². The lowest BCUT2D eigenvalue weighted by Gasteiger charge is -2.23. The largest absolute Gasteiger partial charge is 0.330 e. The molecule has 3 rings (SSSR count). The average Bonchev–Trinajstić information content (AvgIpc) is 3.16. The minimum Gasteiger partial charge on any atom is -0.330 e. The zero-order chi connectivity index (χ0) is 17.0. The molecule has 1 unspecified atom stereocenters. The van der Waals surface area contributed by atoms with Crippen LogP contribution in [-0.2, 0) is 11.3 Å². The third-order valence-electron chi connectivity index (χ3n) is 5.64. The summed E-state index contributed by atoms with van der Waals surface area (Å²) in [5, 5.41) is 7.44. The molecule has 0 bridgehead atoms. The molecule has 6 nitrogen and oxygen atoms in total. The van der Waals surface area contributed by atoms with Crippen molar-refractivity contribution in [2.45, 2.75) is 52.0 Å². The maximum absolute atomic E-state index is 12.4. The molecule has 1 saturated heterocycles. The van der Waals surface area contributed by atoms with Crippen LogP contribution >= 0.6 is 24.8 Å². The van der Waals surface area contributed by atoms with Crippen molar-refractivity contribution < 1.29 is 4.79 Å². The Morgan fingerprint density at radius 1 is 1.35 bits per heavy atom. The first-order chi connectivity index (χ1) is 11.6. The second-order valence-corrected chi connectivity index (χ2v) is 7.93. The van der Waals surface area contributed by atoms with Crippen molar-refractivity contribution in [1.29, 1.82) is 0 Å². The molecular weight excluding hydrogens is 373 g/mol. The number of rotatable bonds is 6. The number of aromatic nitrogens is 2. The fourth-order valence-electron chi connectivity index (χ4n) is 4.01. The number of halogens is 2. The van der Waals surface area contributed by atoms with Crippen molar-refractivity contribution in [1.82, 2.24) is 14.7 Å². The summed E-state index contributed by atoms with van der Waals surface area (Å²) in [6.45, 7) is 6.08. The summed E-state index contributed by atoms with van der Waals surface area (Å²) in [7, 11) is 0. The minimum atomic E-state index is 0. The number of nitrogens with one attached hydrogen (secondary N) is 1. The molecule has 8 heteroatoms. The van der Waals surface area contributed by atoms with E-state index < -0.39 is 0 Å². The Balaban J connectivity index is 0.00000169. The summed E-state index contributed by atoms with van der Waals surface area (Å²) < 4.78 is 1.96. The van der Waals surface area contributed by atoms with Crippen LogP contribution < -0.4 is 11.1 Å². The summed E-state index contributed by atoms with van der Waals surface area (Å²) in [5.41, 5.74) is 6.00. The van der Waals surface area contributed by atoms with Gasteiger partial charge in [-0.05, 0) is 43.7 Å². The van der Waals surface area contributed by atoms with Crippen LogP contribution in [-0.4, -0.2) is 46.8 Å². The van der Waals surface area contributed by atoms with Crippen LogP contribution in [0.1, 0.15) is 45.4 Å². The number of amides is 1. The minimum absolute atomic E-state index is 0. The fraction of sp³-hybridized carbons (Fsp3) is 0.778. The van der Waals surface area contributed by atoms with Crippen LogP contribution in [0.5, 0.6) is 0 Å². The highest BCUT2D eigenvalue weighted by molar-refractivity contribution is 5.91. The van der Waals surface area contributed by atoms with E-state index in [1.165, 1.54) is 32.1 Å². The number of anilines is 1. The molecule has 1 aliphatic carbocycles. The van der Waals surface area contributed by atoms with Crippen molar-refractivity contribution in [2.75, 3.05) is 31.5 Å². The van der Waals surface area contributed by atoms with Gasteiger partial charge in [-0.3, -0.25) is 9.69 Å². The van der Waals surface area contributed by atoms with E-state index >= 15 is 0 Å². The normalized spacial score (nSPS) is 23.9. The van der Waals surface area contributed by atoms with E-state index in [2.05, 4.69) is 22.2 Å². The summed E-state index contributed by atoms with van der Waals surface area (Å²) in [6, 6.07) is 1.90. The molecule has 150 valence electrons. The van der Waals surface area contributed by atoms with E-state index in [4.69, 9.17) is 5.73 Å². The van der Waals surface area contributed by atoms with Gasteiger partial charge in [0.25, 0.3) is 0 Å². The molecule has 1 saturated carbocycles. The Kier molecular flexibility index (Phi) is 9.38. The lowest BCUT2D eigenvalue weighted by molar-refractivity contribution is -0.117. The van der Waals surface area contributed by atoms with Gasteiger partial charge in [-0.2, -0.15) is 5.10 Å². The number of carbonyl (C=O) groups is 1. The molecule has 0 radical (unpaired) electrons. The number of hydrogen-bond donors (Lipinski definition) is 2. The summed E-state index contributed by atoms with van der Waals surface area (Å²) in [6.07, 6.45) is 9.40. The number of nitrogens with zero attached hydrogens (tertiary/aromatic N) is 3. The van der Waals surface area contributed by atoms with Crippen LogP contribution in [0, 0.1) is 11.3 Å². The van der Waals surface area contributed by atoms with E-state index in [0.717, 1.165) is 31.9 Å². The highest BCUT2D eigenvalue weighted by atomic mass is 35.5. The van der Waals surface area contributed by atoms with Gasteiger partial charge >= 0.3 is 0 Å². The zero-order valence-corrected chi connectivity index (χ0v) is 17.3. The smallest absolute Gasteiger partial charge is 0.239 e. The van der Waals surface area contributed by atoms with Crippen molar-refractivity contribution in [3.05, 3.63) is 12.3 Å². The van der Waals surface area contributed by atoms with Crippen LogP contribution in [0.4, 0.5) is 5.82 Å². The lowest BCUT2D eigenvalue weighted by atomic mass is 9.89. The molecule has 2 heterocycles. The molecule has 3 N–H and O–H groups in total. The molecule has 0 aromatic carbocycles. The molecule has 1 atom stereocenters. The van der Waals surface area contributed by atoms with Crippen molar-refractivity contribution in [3.63, 3.8) is 0 Å². The first-order valence-electron chi connectivity index (χ1n) is 9.32. The molecule has 1 aromatic heterocycles. The monoisotopic (exact) mass is 405 g/mol. The summed E-state index contributed by atoms with van der Waals surface area (Å²) in [4.78, 5) is 14.6. The van der Waals surface area contributed by atoms with E-state index in [1.54, 1.807) is 6.20 Å². The highest BCUT2D eigenvalue weighted by Gasteiger charge is 2.33. The second-order valence-electron chi connectivity index (χ2n) is 7.93. The van der Waals surface area contributed by atoms with Crippen molar-refractivity contribution >= 4 is 36.5 Å². The number of nitrogens with two attached hydrogens (primary N) is 1. The van der Waals surface area contributed by atoms with Gasteiger partial charge in [-0.15, -0.1) is 24.8 Å². The Labute approximate surface area is 169 Å². The van der Waals surface area contributed by atoms with Gasteiger partial charge < -0.3 is 11.1 Å². The van der Waals surface area contributed by atoms with Crippen molar-refractivity contribution in [2.24, 2.45) is 17.1 Å². The van der Waals surface area contributed by atoms with Gasteiger partial charge in [-0.25, -0.2) is 4.68 Å². The van der Waals surface area contributed by atoms with Gasteiger partial charge in [0.2, 0.25) is 5.91 Å². The Hall–Kier alpha value is -0.820. The molecule has 1 aromatic rings. The quantitative estimate of drug-likeness (QED) is 0.762. The molecular formula is C18H33Cl2N5O. The van der Waals surface area contributed by atoms with Gasteiger partial charge in [0, 0.05) is 19.2 Å². The number of carbonyl (C=O) groups excluding carboxylic acids is 1. The predicted molar refractivity (Wildman–Crippen MR) is 110 cm³/mol. The maximum atomic E-state index is 12.4. The standard InChI is InChI=1S/C18H31N5O.2ClH/c1-18(13-19)8-10-22(14-18)12-17(24)21-16-7-9-20-23(16)11-15-5-3-2-4-6-15;;/h7,9,15H,2-6,8,10-14,19H2,1H3,(H,21,24);2*1H. The van der Waals surface area contributed by atoms with Crippen LogP contribution in [0.15, 0.2) is 12.3 Å². The lowest BCUT2D eigenvalue weighted by Crippen LogP contribution is -2.35. The van der Waals surface area contributed by atoms with E-state index in [1.807, 2.05) is 10.7 Å². The first kappa shape index (κ1) is 23.2. The van der Waals surface area contributed by atoms with Gasteiger partial charge in [0.1, 0.15) is 5.82 Å². The maximum Gasteiger partial charge on any atom is 0.239 e. The molecule has 26 heavy (non-hydrogen) atoms. The summed E-state index contributed by atoms with van der Waals surface area (Å²) >= 11 is 0. The third-order valence-corrected chi connectivity index (χ3v) is 5.64. The third kappa shape index (κ3) is 6.12. The van der Waals surface area contributed by atoms with Gasteiger partial charge in [-0.1, -0.05) is 26.2 Å². The predicted octanol–water partition coefficient (Wildman–Crippen LogP) is 2.92. The van der Waals surface area contributed by atoms with Crippen LogP contribution in [0.25, 0.3) is 0 Å². The molecule has 2 fully saturated rings. The SMILES string of the molecule is CC1(CN)CCN(CC(=O)Nc2ccnn2CC2CCCCC2)C1.Cl.Cl. The summed E-state index contributed by atoms with van der Waals surface area (Å²) in [5.74, 6) is 1.56. The van der Waals surface area contributed by atoms with Crippen LogP contribution in [0.2, 0.25) is 0 Å². The van der Waals surface area contributed by atoms with E-state index in [9.17, 15) is 4.79 Å². The zero-order valence-electron chi connectivity index (χ0n) is 15.7. The molecule has 1 aliphatic heterocycles. The molecule has 2 aliphatic rings. The van der Waals surface area contributed by atoms with E-state index in [0.29, 0.717) is 19.0 Å². The van der Waals surface area contributed by atoms with E-state index in [-0.39, 0.29) is 36.1 Å². The fourth-order valence-corrected chi connectivity index (χ4v) is 4.01. The second kappa shape index (κ2) is 10.5. The van der Waals surface area contributed by atoms with Crippen LogP contribution in [0.3, 0.4) is 0 Å². The first-order valence-corrected chi connectivity index (χ1v) is 9.32. The Morgan fingerprint density at radius 2 is 2.08 bits per heavy atom. The number of likely N-dealkylation sites (tertiary alicyclic amines) is 1. The molecule has 1 amide bonds. The highest BCUT2D eigenvalue weighted by Crippen LogP contribution is 2.28. The topological polar surface area (TPSA) is 76.2 Å². The molecule has 0 spiro atoms. The average molecular weight is 406 g/mol. The van der Waals surface area contributed by atoms with Gasteiger partial charge in [0.05, 0.1) is 12.7 Å². The van der Waals surface area contributed by atoms with Crippen molar-refractivity contribution in [3.8, 4) is 0 Å². The Morgan fingerprint density at radius 3 is 2.73 bits per heavy atom. The Bertz CT molecular complexity index is 562.